The van der Waals surface area contributed by atoms with Crippen LogP contribution in [0.15, 0.2) is 36.5 Å². The van der Waals surface area contributed by atoms with E-state index in [2.05, 4.69) is 50.3 Å². The third kappa shape index (κ3) is 2.36. The normalized spacial score (nSPS) is 15.4. The van der Waals surface area contributed by atoms with E-state index in [0.717, 1.165) is 28.2 Å². The molecule has 2 N–H and O–H groups in total. The predicted molar refractivity (Wildman–Crippen MR) is 99.1 cm³/mol. The highest BCUT2D eigenvalue weighted by atomic mass is 15.3. The zero-order valence-electron chi connectivity index (χ0n) is 14.2. The van der Waals surface area contributed by atoms with Gasteiger partial charge in [0.1, 0.15) is 5.52 Å². The SMILES string of the molecule is Cc1nn(C2CCCC2)c2ccc(Nc3n[nH]c4cccnc34)cc12. The summed E-state index contributed by atoms with van der Waals surface area (Å²) < 4.78 is 2.23. The lowest BCUT2D eigenvalue weighted by Gasteiger charge is -2.11. The standard InChI is InChI=1S/C19H20N6/c1-12-15-11-13(21-19-18-16(22-23-19)7-4-10-20-18)8-9-17(15)25(24-12)14-5-2-3-6-14/h4,7-11,14H,2-3,5-6H2,1H3,(H2,21,22,23). The zero-order chi connectivity index (χ0) is 16.8. The molecule has 0 amide bonds. The van der Waals surface area contributed by atoms with Crippen molar-refractivity contribution in [3.63, 3.8) is 0 Å². The van der Waals surface area contributed by atoms with Crippen molar-refractivity contribution in [2.75, 3.05) is 5.32 Å². The van der Waals surface area contributed by atoms with Crippen LogP contribution in [-0.4, -0.2) is 25.0 Å². The van der Waals surface area contributed by atoms with E-state index in [-0.39, 0.29) is 0 Å². The average Bonchev–Trinajstić information content (AvgIpc) is 3.36. The number of aryl methyl sites for hydroxylation is 1. The van der Waals surface area contributed by atoms with Gasteiger partial charge in [0.15, 0.2) is 5.82 Å². The van der Waals surface area contributed by atoms with E-state index in [1.807, 2.05) is 12.1 Å². The van der Waals surface area contributed by atoms with Gasteiger partial charge in [-0.3, -0.25) is 14.8 Å². The number of benzene rings is 1. The van der Waals surface area contributed by atoms with Crippen molar-refractivity contribution in [2.45, 2.75) is 38.6 Å². The van der Waals surface area contributed by atoms with Crippen molar-refractivity contribution in [1.29, 1.82) is 0 Å². The number of hydrogen-bond acceptors (Lipinski definition) is 4. The molecule has 5 rings (SSSR count). The second-order valence-electron chi connectivity index (χ2n) is 6.80. The van der Waals surface area contributed by atoms with Crippen LogP contribution in [0.4, 0.5) is 11.5 Å². The van der Waals surface area contributed by atoms with Crippen molar-refractivity contribution >= 4 is 33.4 Å². The Morgan fingerprint density at radius 3 is 2.96 bits per heavy atom. The molecule has 0 atom stereocenters. The second-order valence-corrected chi connectivity index (χ2v) is 6.80. The molecule has 0 radical (unpaired) electrons. The summed E-state index contributed by atoms with van der Waals surface area (Å²) in [5.41, 5.74) is 5.08. The highest BCUT2D eigenvalue weighted by Gasteiger charge is 2.20. The maximum atomic E-state index is 4.81. The number of hydrogen-bond donors (Lipinski definition) is 2. The number of aromatic amines is 1. The summed E-state index contributed by atoms with van der Waals surface area (Å²) >= 11 is 0. The Bertz CT molecular complexity index is 1050. The van der Waals surface area contributed by atoms with E-state index in [9.17, 15) is 0 Å². The molecular weight excluding hydrogens is 312 g/mol. The van der Waals surface area contributed by atoms with Crippen LogP contribution in [0.25, 0.3) is 21.9 Å². The fourth-order valence-electron chi connectivity index (χ4n) is 3.88. The predicted octanol–water partition coefficient (Wildman–Crippen LogP) is 4.47. The van der Waals surface area contributed by atoms with Crippen molar-refractivity contribution in [3.8, 4) is 0 Å². The summed E-state index contributed by atoms with van der Waals surface area (Å²) in [6.45, 7) is 2.09. The maximum Gasteiger partial charge on any atom is 0.178 e. The van der Waals surface area contributed by atoms with E-state index < -0.39 is 0 Å². The number of pyridine rings is 1. The highest BCUT2D eigenvalue weighted by Crippen LogP contribution is 2.34. The van der Waals surface area contributed by atoms with E-state index in [1.165, 1.54) is 36.6 Å². The summed E-state index contributed by atoms with van der Waals surface area (Å²) in [6, 6.07) is 10.8. The third-order valence-corrected chi connectivity index (χ3v) is 5.14. The first-order valence-corrected chi connectivity index (χ1v) is 8.84. The van der Waals surface area contributed by atoms with Crippen LogP contribution in [0.3, 0.4) is 0 Å². The molecule has 1 fully saturated rings. The lowest BCUT2D eigenvalue weighted by atomic mass is 10.2. The first-order valence-electron chi connectivity index (χ1n) is 8.84. The minimum atomic E-state index is 0.550. The van der Waals surface area contributed by atoms with E-state index in [4.69, 9.17) is 5.10 Å². The summed E-state index contributed by atoms with van der Waals surface area (Å²) in [5.74, 6) is 0.746. The van der Waals surface area contributed by atoms with Gasteiger partial charge in [-0.1, -0.05) is 12.8 Å². The van der Waals surface area contributed by atoms with Crippen LogP contribution in [0.1, 0.15) is 37.4 Å². The lowest BCUT2D eigenvalue weighted by Crippen LogP contribution is -2.06. The van der Waals surface area contributed by atoms with Gasteiger partial charge in [0.05, 0.1) is 22.8 Å². The van der Waals surface area contributed by atoms with Crippen LogP contribution in [-0.2, 0) is 0 Å². The van der Waals surface area contributed by atoms with Crippen molar-refractivity contribution in [2.24, 2.45) is 0 Å². The number of anilines is 2. The molecule has 3 heterocycles. The molecule has 0 aliphatic heterocycles. The van der Waals surface area contributed by atoms with Crippen molar-refractivity contribution in [3.05, 3.63) is 42.2 Å². The first kappa shape index (κ1) is 14.5. The second kappa shape index (κ2) is 5.58. The molecule has 25 heavy (non-hydrogen) atoms. The smallest absolute Gasteiger partial charge is 0.178 e. The van der Waals surface area contributed by atoms with Crippen LogP contribution in [0.2, 0.25) is 0 Å². The van der Waals surface area contributed by atoms with E-state index in [1.54, 1.807) is 6.20 Å². The Labute approximate surface area is 145 Å². The molecule has 6 heteroatoms. The maximum absolute atomic E-state index is 4.81. The number of nitrogens with zero attached hydrogens (tertiary/aromatic N) is 4. The quantitative estimate of drug-likeness (QED) is 0.580. The largest absolute Gasteiger partial charge is 0.337 e. The monoisotopic (exact) mass is 332 g/mol. The van der Waals surface area contributed by atoms with Crippen molar-refractivity contribution < 1.29 is 0 Å². The van der Waals surface area contributed by atoms with Gasteiger partial charge in [-0.05, 0) is 50.1 Å². The van der Waals surface area contributed by atoms with Gasteiger partial charge in [-0.2, -0.15) is 10.2 Å². The minimum Gasteiger partial charge on any atom is -0.337 e. The van der Waals surface area contributed by atoms with Crippen LogP contribution >= 0.6 is 0 Å². The number of nitrogens with one attached hydrogen (secondary N) is 2. The van der Waals surface area contributed by atoms with Crippen molar-refractivity contribution in [1.82, 2.24) is 25.0 Å². The minimum absolute atomic E-state index is 0.550. The first-order chi connectivity index (χ1) is 12.3. The molecule has 1 aromatic carbocycles. The molecule has 6 nitrogen and oxygen atoms in total. The van der Waals surface area contributed by atoms with Gasteiger partial charge in [0.2, 0.25) is 0 Å². The number of aromatic nitrogens is 5. The lowest BCUT2D eigenvalue weighted by molar-refractivity contribution is 0.479. The van der Waals surface area contributed by atoms with E-state index in [0.29, 0.717) is 6.04 Å². The number of rotatable bonds is 3. The van der Waals surface area contributed by atoms with Crippen LogP contribution < -0.4 is 5.32 Å². The third-order valence-electron chi connectivity index (χ3n) is 5.14. The molecular formula is C19H20N6. The van der Waals surface area contributed by atoms with Gasteiger partial charge >= 0.3 is 0 Å². The zero-order valence-corrected chi connectivity index (χ0v) is 14.2. The molecule has 1 aliphatic carbocycles. The molecule has 0 spiro atoms. The van der Waals surface area contributed by atoms with Gasteiger partial charge in [-0.15, -0.1) is 0 Å². The van der Waals surface area contributed by atoms with Gasteiger partial charge < -0.3 is 5.32 Å². The summed E-state index contributed by atoms with van der Waals surface area (Å²) in [6.07, 6.45) is 6.87. The molecule has 0 bridgehead atoms. The molecule has 0 unspecified atom stereocenters. The van der Waals surface area contributed by atoms with Gasteiger partial charge in [0.25, 0.3) is 0 Å². The van der Waals surface area contributed by atoms with E-state index >= 15 is 0 Å². The van der Waals surface area contributed by atoms with Gasteiger partial charge in [0, 0.05) is 17.3 Å². The Morgan fingerprint density at radius 1 is 1.20 bits per heavy atom. The summed E-state index contributed by atoms with van der Waals surface area (Å²) in [4.78, 5) is 4.40. The highest BCUT2D eigenvalue weighted by molar-refractivity contribution is 5.90. The molecule has 3 aromatic heterocycles. The molecule has 1 saturated carbocycles. The Kier molecular flexibility index (Phi) is 3.23. The Morgan fingerprint density at radius 2 is 2.08 bits per heavy atom. The molecule has 4 aromatic rings. The number of fused-ring (bicyclic) bond motifs is 2. The molecule has 126 valence electrons. The molecule has 1 aliphatic rings. The Hall–Kier alpha value is -2.89. The fourth-order valence-corrected chi connectivity index (χ4v) is 3.88. The molecule has 0 saturated heterocycles. The fraction of sp³-hybridized carbons (Fsp3) is 0.316. The number of H-pyrrole nitrogens is 1. The Balaban J connectivity index is 1.53. The topological polar surface area (TPSA) is 71.4 Å². The summed E-state index contributed by atoms with van der Waals surface area (Å²) in [7, 11) is 0. The van der Waals surface area contributed by atoms with Crippen LogP contribution in [0.5, 0.6) is 0 Å². The van der Waals surface area contributed by atoms with Gasteiger partial charge in [-0.25, -0.2) is 0 Å². The average molecular weight is 332 g/mol. The van der Waals surface area contributed by atoms with Crippen LogP contribution in [0, 0.1) is 6.92 Å². The summed E-state index contributed by atoms with van der Waals surface area (Å²) in [5, 5.41) is 16.7.